The molecule has 0 aliphatic carbocycles. The summed E-state index contributed by atoms with van der Waals surface area (Å²) in [6.45, 7) is 9.97. The number of esters is 1. The van der Waals surface area contributed by atoms with E-state index in [0.29, 0.717) is 19.5 Å². The molecule has 0 amide bonds. The fourth-order valence-corrected chi connectivity index (χ4v) is 10.4. The van der Waals surface area contributed by atoms with E-state index in [9.17, 15) is 4.79 Å². The molecule has 2 aromatic carbocycles. The molecular formula is C26H33N3O3SSi. The predicted molar refractivity (Wildman–Crippen MR) is 139 cm³/mol. The molecule has 0 radical (unpaired) electrons. The van der Waals surface area contributed by atoms with E-state index in [-0.39, 0.29) is 23.0 Å². The maximum absolute atomic E-state index is 12.7. The van der Waals surface area contributed by atoms with Gasteiger partial charge in [-0.2, -0.15) is 0 Å². The minimum atomic E-state index is -2.75. The first-order valence-corrected chi connectivity index (χ1v) is 14.4. The average molecular weight is 496 g/mol. The smallest absolute Gasteiger partial charge is 0.310 e. The third-order valence-corrected chi connectivity index (χ3v) is 12.5. The highest BCUT2D eigenvalue weighted by Crippen LogP contribution is 2.39. The van der Waals surface area contributed by atoms with Crippen LogP contribution in [0, 0.1) is 12.8 Å². The Morgan fingerprint density at radius 2 is 1.59 bits per heavy atom. The number of ether oxygens (including phenoxy) is 1. The van der Waals surface area contributed by atoms with Crippen molar-refractivity contribution >= 4 is 41.1 Å². The molecule has 4 rings (SSSR count). The Hall–Kier alpha value is -2.55. The largest absolute Gasteiger partial charge is 0.469 e. The molecule has 0 saturated carbocycles. The lowest BCUT2D eigenvalue weighted by Gasteiger charge is -2.47. The van der Waals surface area contributed by atoms with Crippen molar-refractivity contribution in [3.63, 3.8) is 0 Å². The summed E-state index contributed by atoms with van der Waals surface area (Å²) in [6.07, 6.45) is 0.458. The number of piperidine rings is 1. The van der Waals surface area contributed by atoms with Crippen LogP contribution in [0.4, 0.5) is 5.13 Å². The molecule has 6 nitrogen and oxygen atoms in total. The monoisotopic (exact) mass is 495 g/mol. The maximum Gasteiger partial charge on any atom is 0.310 e. The first-order chi connectivity index (χ1) is 16.2. The fraction of sp³-hybridized carbons (Fsp3) is 0.423. The van der Waals surface area contributed by atoms with Gasteiger partial charge >= 0.3 is 5.97 Å². The minimum Gasteiger partial charge on any atom is -0.469 e. The van der Waals surface area contributed by atoms with Crippen LogP contribution in [0.5, 0.6) is 0 Å². The van der Waals surface area contributed by atoms with E-state index in [1.807, 2.05) is 19.1 Å². The first-order valence-electron chi connectivity index (χ1n) is 11.7. The van der Waals surface area contributed by atoms with Crippen molar-refractivity contribution in [1.29, 1.82) is 0 Å². The quantitative estimate of drug-likeness (QED) is 0.383. The van der Waals surface area contributed by atoms with Crippen LogP contribution in [-0.2, 0) is 14.0 Å². The van der Waals surface area contributed by atoms with Crippen molar-refractivity contribution in [1.82, 2.24) is 10.2 Å². The van der Waals surface area contributed by atoms with E-state index in [2.05, 4.69) is 84.4 Å². The SMILES string of the molecule is COC(=O)[C@@H]1C[C@H](O[Si](c2ccccc2)(c2ccccc2)C(C)(C)C)CN(c2nnc(C)s2)C1. The van der Waals surface area contributed by atoms with Crippen molar-refractivity contribution in [3.8, 4) is 0 Å². The van der Waals surface area contributed by atoms with Crippen molar-refractivity contribution in [2.45, 2.75) is 45.3 Å². The Morgan fingerprint density at radius 3 is 2.06 bits per heavy atom. The van der Waals surface area contributed by atoms with Gasteiger partial charge in [0.05, 0.1) is 19.1 Å². The summed E-state index contributed by atoms with van der Waals surface area (Å²) >= 11 is 1.54. The second-order valence-electron chi connectivity index (χ2n) is 9.87. The van der Waals surface area contributed by atoms with E-state index in [1.54, 1.807) is 11.3 Å². The standard InChI is InChI=1S/C26H33N3O3SSi/c1-19-27-28-25(33-19)29-17-20(24(30)31-5)16-21(18-29)32-34(26(2,3)4,22-12-8-6-9-13-22)23-14-10-7-11-15-23/h6-15,20-21H,16-18H2,1-5H3/t20-,21+/m1/s1. The minimum absolute atomic E-state index is 0.141. The summed E-state index contributed by atoms with van der Waals surface area (Å²) in [7, 11) is -1.30. The van der Waals surface area contributed by atoms with Crippen LogP contribution in [-0.4, -0.2) is 50.8 Å². The predicted octanol–water partition coefficient (Wildman–Crippen LogP) is 3.79. The van der Waals surface area contributed by atoms with Crippen LogP contribution in [0.2, 0.25) is 5.04 Å². The lowest BCUT2D eigenvalue weighted by atomic mass is 9.96. The maximum atomic E-state index is 12.7. The number of aryl methyl sites for hydroxylation is 1. The lowest BCUT2D eigenvalue weighted by Crippen LogP contribution is -2.69. The topological polar surface area (TPSA) is 64.6 Å². The molecule has 1 aromatic heterocycles. The molecule has 0 N–H and O–H groups in total. The molecule has 0 spiro atoms. The summed E-state index contributed by atoms with van der Waals surface area (Å²) in [5.74, 6) is -0.492. The number of nitrogens with zero attached hydrogens (tertiary/aromatic N) is 3. The van der Waals surface area contributed by atoms with Crippen molar-refractivity contribution in [2.24, 2.45) is 5.92 Å². The zero-order valence-corrected chi connectivity index (χ0v) is 22.3. The van der Waals surface area contributed by atoms with Gasteiger partial charge in [0.15, 0.2) is 0 Å². The first kappa shape index (κ1) is 24.6. The molecule has 0 unspecified atom stereocenters. The van der Waals surface area contributed by atoms with Gasteiger partial charge in [0, 0.05) is 13.1 Å². The molecular weight excluding hydrogens is 462 g/mol. The van der Waals surface area contributed by atoms with Gasteiger partial charge in [-0.15, -0.1) is 10.2 Å². The normalized spacial score (nSPS) is 19.1. The van der Waals surface area contributed by atoms with Crippen LogP contribution in [0.15, 0.2) is 60.7 Å². The Morgan fingerprint density at radius 1 is 1.00 bits per heavy atom. The Bertz CT molecular complexity index is 1060. The van der Waals surface area contributed by atoms with Gasteiger partial charge in [0.1, 0.15) is 5.01 Å². The number of methoxy groups -OCH3 is 1. The van der Waals surface area contributed by atoms with Crippen LogP contribution >= 0.6 is 11.3 Å². The van der Waals surface area contributed by atoms with Gasteiger partial charge in [-0.25, -0.2) is 0 Å². The van der Waals surface area contributed by atoms with Gasteiger partial charge in [-0.05, 0) is 28.8 Å². The molecule has 0 bridgehead atoms. The number of benzene rings is 2. The van der Waals surface area contributed by atoms with Gasteiger partial charge in [-0.3, -0.25) is 4.79 Å². The summed E-state index contributed by atoms with van der Waals surface area (Å²) in [6, 6.07) is 21.2. The number of aromatic nitrogens is 2. The summed E-state index contributed by atoms with van der Waals surface area (Å²) in [4.78, 5) is 14.8. The van der Waals surface area contributed by atoms with Crippen molar-refractivity contribution < 1.29 is 14.0 Å². The Kier molecular flexibility index (Phi) is 7.21. The number of carbonyl (C=O) groups is 1. The molecule has 8 heteroatoms. The zero-order chi connectivity index (χ0) is 24.3. The van der Waals surface area contributed by atoms with E-state index in [4.69, 9.17) is 9.16 Å². The second-order valence-corrected chi connectivity index (χ2v) is 15.3. The molecule has 34 heavy (non-hydrogen) atoms. The molecule has 1 aliphatic rings. The van der Waals surface area contributed by atoms with Crippen molar-refractivity contribution in [2.75, 3.05) is 25.1 Å². The number of carbonyl (C=O) groups excluding carboxylic acids is 1. The molecule has 3 aromatic rings. The highest BCUT2D eigenvalue weighted by molar-refractivity contribution is 7.15. The molecule has 2 heterocycles. The molecule has 1 fully saturated rings. The van der Waals surface area contributed by atoms with E-state index in [0.717, 1.165) is 10.1 Å². The van der Waals surface area contributed by atoms with Crippen LogP contribution < -0.4 is 15.3 Å². The third kappa shape index (κ3) is 4.80. The average Bonchev–Trinajstić information content (AvgIpc) is 3.28. The number of hydrogen-bond donors (Lipinski definition) is 0. The zero-order valence-electron chi connectivity index (χ0n) is 20.5. The Balaban J connectivity index is 1.78. The summed E-state index contributed by atoms with van der Waals surface area (Å²) < 4.78 is 12.5. The third-order valence-electron chi connectivity index (χ3n) is 6.49. The molecule has 180 valence electrons. The van der Waals surface area contributed by atoms with E-state index < -0.39 is 8.32 Å². The highest BCUT2D eigenvalue weighted by Gasteiger charge is 2.52. The lowest BCUT2D eigenvalue weighted by molar-refractivity contribution is -0.146. The molecule has 2 atom stereocenters. The van der Waals surface area contributed by atoms with Crippen molar-refractivity contribution in [3.05, 3.63) is 65.7 Å². The fourth-order valence-electron chi connectivity index (χ4n) is 4.99. The summed E-state index contributed by atoms with van der Waals surface area (Å²) in [5, 5.41) is 12.6. The van der Waals surface area contributed by atoms with E-state index >= 15 is 0 Å². The summed E-state index contributed by atoms with van der Waals surface area (Å²) in [5.41, 5.74) is 0. The molecule has 1 aliphatic heterocycles. The van der Waals surface area contributed by atoms with Gasteiger partial charge in [0.2, 0.25) is 5.13 Å². The van der Waals surface area contributed by atoms with E-state index in [1.165, 1.54) is 17.5 Å². The number of hydrogen-bond acceptors (Lipinski definition) is 7. The number of anilines is 1. The van der Waals surface area contributed by atoms with Gasteiger partial charge < -0.3 is 14.1 Å². The van der Waals surface area contributed by atoms with Crippen LogP contribution in [0.25, 0.3) is 0 Å². The van der Waals surface area contributed by atoms with Crippen LogP contribution in [0.3, 0.4) is 0 Å². The van der Waals surface area contributed by atoms with Gasteiger partial charge in [-0.1, -0.05) is 92.8 Å². The highest BCUT2D eigenvalue weighted by atomic mass is 32.1. The Labute approximate surface area is 207 Å². The molecule has 1 saturated heterocycles. The van der Waals surface area contributed by atoms with Gasteiger partial charge in [0.25, 0.3) is 8.32 Å². The second kappa shape index (κ2) is 9.97. The van der Waals surface area contributed by atoms with Crippen LogP contribution in [0.1, 0.15) is 32.2 Å². The number of rotatable bonds is 6.